The van der Waals surface area contributed by atoms with Crippen LogP contribution in [0.25, 0.3) is 0 Å². The zero-order valence-corrected chi connectivity index (χ0v) is 14.9. The SMILES string of the molecule is CC(C)Oc1nccnc1NCc1cccc(CN2CCOCC2)c1. The quantitative estimate of drug-likeness (QED) is 0.835. The van der Waals surface area contributed by atoms with E-state index in [2.05, 4.69) is 44.5 Å². The van der Waals surface area contributed by atoms with Crippen molar-refractivity contribution in [1.82, 2.24) is 14.9 Å². The minimum absolute atomic E-state index is 0.0640. The highest BCUT2D eigenvalue weighted by Gasteiger charge is 2.11. The largest absolute Gasteiger partial charge is 0.472 e. The van der Waals surface area contributed by atoms with Crippen LogP contribution < -0.4 is 10.1 Å². The van der Waals surface area contributed by atoms with E-state index in [9.17, 15) is 0 Å². The van der Waals surface area contributed by atoms with Crippen molar-refractivity contribution in [3.63, 3.8) is 0 Å². The molecule has 2 heterocycles. The summed E-state index contributed by atoms with van der Waals surface area (Å²) in [6, 6.07) is 8.64. The third-order valence-electron chi connectivity index (χ3n) is 3.97. The topological polar surface area (TPSA) is 59.5 Å². The fourth-order valence-electron chi connectivity index (χ4n) is 2.80. The molecule has 1 fully saturated rings. The summed E-state index contributed by atoms with van der Waals surface area (Å²) < 4.78 is 11.1. The monoisotopic (exact) mass is 342 g/mol. The molecule has 1 aromatic heterocycles. The smallest absolute Gasteiger partial charge is 0.257 e. The maximum atomic E-state index is 5.70. The fourth-order valence-corrected chi connectivity index (χ4v) is 2.80. The molecular formula is C19H26N4O2. The molecule has 0 spiro atoms. The minimum Gasteiger partial charge on any atom is -0.472 e. The summed E-state index contributed by atoms with van der Waals surface area (Å²) in [7, 11) is 0. The molecule has 0 radical (unpaired) electrons. The first-order valence-electron chi connectivity index (χ1n) is 8.80. The molecule has 3 rings (SSSR count). The van der Waals surface area contributed by atoms with Gasteiger partial charge in [0, 0.05) is 38.6 Å². The summed E-state index contributed by atoms with van der Waals surface area (Å²) >= 11 is 0. The van der Waals surface area contributed by atoms with Crippen molar-refractivity contribution < 1.29 is 9.47 Å². The van der Waals surface area contributed by atoms with Gasteiger partial charge in [0.05, 0.1) is 19.3 Å². The number of hydrogen-bond donors (Lipinski definition) is 1. The van der Waals surface area contributed by atoms with Gasteiger partial charge in [0.15, 0.2) is 5.82 Å². The number of nitrogens with one attached hydrogen (secondary N) is 1. The number of ether oxygens (including phenoxy) is 2. The van der Waals surface area contributed by atoms with Gasteiger partial charge in [-0.1, -0.05) is 24.3 Å². The van der Waals surface area contributed by atoms with E-state index in [-0.39, 0.29) is 6.10 Å². The molecule has 2 aromatic rings. The number of morpholine rings is 1. The van der Waals surface area contributed by atoms with Gasteiger partial charge in [-0.25, -0.2) is 9.97 Å². The zero-order chi connectivity index (χ0) is 17.5. The van der Waals surface area contributed by atoms with E-state index in [0.717, 1.165) is 32.8 Å². The second-order valence-corrected chi connectivity index (χ2v) is 6.44. The number of rotatable bonds is 7. The second kappa shape index (κ2) is 8.78. The van der Waals surface area contributed by atoms with Crippen LogP contribution in [0.3, 0.4) is 0 Å². The molecule has 1 aliphatic heterocycles. The van der Waals surface area contributed by atoms with Gasteiger partial charge in [-0.05, 0) is 25.0 Å². The average Bonchev–Trinajstić information content (AvgIpc) is 2.62. The van der Waals surface area contributed by atoms with Crippen molar-refractivity contribution in [3.05, 3.63) is 47.8 Å². The van der Waals surface area contributed by atoms with Gasteiger partial charge in [0.25, 0.3) is 5.88 Å². The first-order valence-corrected chi connectivity index (χ1v) is 8.80. The van der Waals surface area contributed by atoms with E-state index < -0.39 is 0 Å². The molecular weight excluding hydrogens is 316 g/mol. The number of nitrogens with zero attached hydrogens (tertiary/aromatic N) is 3. The number of hydrogen-bond acceptors (Lipinski definition) is 6. The maximum Gasteiger partial charge on any atom is 0.257 e. The van der Waals surface area contributed by atoms with Crippen LogP contribution in [0.2, 0.25) is 0 Å². The molecule has 0 atom stereocenters. The van der Waals surface area contributed by atoms with E-state index >= 15 is 0 Å². The highest BCUT2D eigenvalue weighted by molar-refractivity contribution is 5.45. The van der Waals surface area contributed by atoms with Crippen LogP contribution in [0.15, 0.2) is 36.7 Å². The molecule has 25 heavy (non-hydrogen) atoms. The third-order valence-corrected chi connectivity index (χ3v) is 3.97. The summed E-state index contributed by atoms with van der Waals surface area (Å²) in [5.74, 6) is 1.22. The van der Waals surface area contributed by atoms with Crippen molar-refractivity contribution in [2.24, 2.45) is 0 Å². The normalized spacial score (nSPS) is 15.3. The first kappa shape index (κ1) is 17.6. The number of benzene rings is 1. The predicted molar refractivity (Wildman–Crippen MR) is 97.7 cm³/mol. The van der Waals surface area contributed by atoms with Crippen LogP contribution >= 0.6 is 0 Å². The van der Waals surface area contributed by atoms with Gasteiger partial charge in [0.2, 0.25) is 0 Å². The van der Waals surface area contributed by atoms with Crippen LogP contribution in [0.4, 0.5) is 5.82 Å². The molecule has 1 N–H and O–H groups in total. The molecule has 1 aromatic carbocycles. The van der Waals surface area contributed by atoms with E-state index in [1.54, 1.807) is 12.4 Å². The molecule has 134 valence electrons. The van der Waals surface area contributed by atoms with E-state index in [0.29, 0.717) is 18.2 Å². The van der Waals surface area contributed by atoms with E-state index in [4.69, 9.17) is 9.47 Å². The van der Waals surface area contributed by atoms with Crippen LogP contribution in [0, 0.1) is 0 Å². The summed E-state index contributed by atoms with van der Waals surface area (Å²) in [5, 5.41) is 3.33. The van der Waals surface area contributed by atoms with Crippen LogP contribution in [0.5, 0.6) is 5.88 Å². The molecule has 1 saturated heterocycles. The molecule has 0 amide bonds. The molecule has 0 bridgehead atoms. The lowest BCUT2D eigenvalue weighted by atomic mass is 10.1. The van der Waals surface area contributed by atoms with E-state index in [1.807, 2.05) is 13.8 Å². The van der Waals surface area contributed by atoms with Gasteiger partial charge in [-0.3, -0.25) is 4.90 Å². The molecule has 0 saturated carbocycles. The Morgan fingerprint density at radius 2 is 1.92 bits per heavy atom. The molecule has 1 aliphatic rings. The van der Waals surface area contributed by atoms with Crippen molar-refractivity contribution in [1.29, 1.82) is 0 Å². The lowest BCUT2D eigenvalue weighted by molar-refractivity contribution is 0.0342. The first-order chi connectivity index (χ1) is 12.2. The Balaban J connectivity index is 1.61. The zero-order valence-electron chi connectivity index (χ0n) is 14.9. The summed E-state index contributed by atoms with van der Waals surface area (Å²) in [6.45, 7) is 9.25. The summed E-state index contributed by atoms with van der Waals surface area (Å²) in [4.78, 5) is 11.0. The Morgan fingerprint density at radius 3 is 2.72 bits per heavy atom. The fraction of sp³-hybridized carbons (Fsp3) is 0.474. The van der Waals surface area contributed by atoms with Gasteiger partial charge < -0.3 is 14.8 Å². The van der Waals surface area contributed by atoms with Gasteiger partial charge >= 0.3 is 0 Å². The standard InChI is InChI=1S/C19H26N4O2/c1-15(2)25-19-18(20-6-7-21-19)22-13-16-4-3-5-17(12-16)14-23-8-10-24-11-9-23/h3-7,12,15H,8-11,13-14H2,1-2H3,(H,20,22). The Hall–Kier alpha value is -2.18. The second-order valence-electron chi connectivity index (χ2n) is 6.44. The number of anilines is 1. The highest BCUT2D eigenvalue weighted by atomic mass is 16.5. The lowest BCUT2D eigenvalue weighted by Gasteiger charge is -2.26. The van der Waals surface area contributed by atoms with Crippen molar-refractivity contribution in [2.75, 3.05) is 31.6 Å². The minimum atomic E-state index is 0.0640. The van der Waals surface area contributed by atoms with Gasteiger partial charge in [0.1, 0.15) is 0 Å². The van der Waals surface area contributed by atoms with Gasteiger partial charge in [-0.2, -0.15) is 0 Å². The lowest BCUT2D eigenvalue weighted by Crippen LogP contribution is -2.35. The molecule has 0 unspecified atom stereocenters. The van der Waals surface area contributed by atoms with Crippen LogP contribution in [-0.2, 0) is 17.8 Å². The van der Waals surface area contributed by atoms with Crippen molar-refractivity contribution in [3.8, 4) is 5.88 Å². The maximum absolute atomic E-state index is 5.70. The molecule has 0 aliphatic carbocycles. The Morgan fingerprint density at radius 1 is 1.16 bits per heavy atom. The predicted octanol–water partition coefficient (Wildman–Crippen LogP) is 2.71. The highest BCUT2D eigenvalue weighted by Crippen LogP contribution is 2.20. The summed E-state index contributed by atoms with van der Waals surface area (Å²) in [5.41, 5.74) is 2.53. The van der Waals surface area contributed by atoms with Crippen molar-refractivity contribution >= 4 is 5.82 Å². The summed E-state index contributed by atoms with van der Waals surface area (Å²) in [6.07, 6.45) is 3.38. The number of aromatic nitrogens is 2. The van der Waals surface area contributed by atoms with Gasteiger partial charge in [-0.15, -0.1) is 0 Å². The Bertz CT molecular complexity index is 672. The van der Waals surface area contributed by atoms with E-state index in [1.165, 1.54) is 11.1 Å². The molecule has 6 heteroatoms. The Kier molecular flexibility index (Phi) is 6.19. The molecule has 6 nitrogen and oxygen atoms in total. The third kappa shape index (κ3) is 5.41. The average molecular weight is 342 g/mol. The Labute approximate surface area is 149 Å². The van der Waals surface area contributed by atoms with Crippen molar-refractivity contribution in [2.45, 2.75) is 33.0 Å². The van der Waals surface area contributed by atoms with Crippen LogP contribution in [-0.4, -0.2) is 47.3 Å². The van der Waals surface area contributed by atoms with Crippen LogP contribution in [0.1, 0.15) is 25.0 Å².